The van der Waals surface area contributed by atoms with Crippen molar-refractivity contribution in [1.29, 1.82) is 0 Å². The van der Waals surface area contributed by atoms with E-state index < -0.39 is 0 Å². The molecule has 0 atom stereocenters. The van der Waals surface area contributed by atoms with Crippen LogP contribution < -0.4 is 0 Å². The number of aryl methyl sites for hydroxylation is 2. The van der Waals surface area contributed by atoms with Crippen LogP contribution in [0.25, 0.3) is 0 Å². The fourth-order valence-electron chi connectivity index (χ4n) is 5.23. The largest absolute Gasteiger partial charge is 0.0625 e. The molecular formula is C23H36. The number of hydrogen-bond acceptors (Lipinski definition) is 0. The molecular weight excluding hydrogens is 276 g/mol. The van der Waals surface area contributed by atoms with E-state index in [1.165, 1.54) is 68.9 Å². The van der Waals surface area contributed by atoms with Crippen molar-refractivity contribution in [3.05, 3.63) is 34.9 Å². The molecule has 0 spiro atoms. The molecule has 0 saturated heterocycles. The summed E-state index contributed by atoms with van der Waals surface area (Å²) in [6.07, 6.45) is 14.8. The Labute approximate surface area is 144 Å². The first kappa shape index (κ1) is 17.1. The summed E-state index contributed by atoms with van der Waals surface area (Å²) < 4.78 is 0. The molecule has 0 amide bonds. The Hall–Kier alpha value is -0.780. The summed E-state index contributed by atoms with van der Waals surface area (Å²) in [5.41, 5.74) is 4.44. The van der Waals surface area contributed by atoms with Crippen molar-refractivity contribution >= 4 is 0 Å². The smallest absolute Gasteiger partial charge is 0.0250 e. The van der Waals surface area contributed by atoms with Gasteiger partial charge in [-0.3, -0.25) is 0 Å². The van der Waals surface area contributed by atoms with Crippen LogP contribution in [0.15, 0.2) is 18.2 Å². The van der Waals surface area contributed by atoms with Gasteiger partial charge in [-0.25, -0.2) is 0 Å². The predicted molar refractivity (Wildman–Crippen MR) is 101 cm³/mol. The summed E-state index contributed by atoms with van der Waals surface area (Å²) in [4.78, 5) is 0. The van der Waals surface area contributed by atoms with Gasteiger partial charge in [0.15, 0.2) is 0 Å². The molecule has 3 rings (SSSR count). The summed E-state index contributed by atoms with van der Waals surface area (Å²) in [6.45, 7) is 6.91. The molecule has 1 aromatic rings. The van der Waals surface area contributed by atoms with E-state index in [-0.39, 0.29) is 0 Å². The first-order valence-corrected chi connectivity index (χ1v) is 10.2. The maximum atomic E-state index is 2.44. The average Bonchev–Trinajstić information content (AvgIpc) is 2.50. The van der Waals surface area contributed by atoms with Gasteiger partial charge in [0.2, 0.25) is 0 Å². The molecule has 0 aliphatic heterocycles. The minimum absolute atomic E-state index is 0.943. The Kier molecular flexibility index (Phi) is 5.83. The first-order valence-electron chi connectivity index (χ1n) is 10.2. The quantitative estimate of drug-likeness (QED) is 0.569. The summed E-state index contributed by atoms with van der Waals surface area (Å²) in [6, 6.07) is 7.11. The lowest BCUT2D eigenvalue weighted by atomic mass is 9.72. The zero-order valence-electron chi connectivity index (χ0n) is 15.6. The van der Waals surface area contributed by atoms with Crippen molar-refractivity contribution in [3.63, 3.8) is 0 Å². The van der Waals surface area contributed by atoms with Crippen LogP contribution in [0, 0.1) is 37.5 Å². The molecule has 0 heteroatoms. The minimum atomic E-state index is 0.943. The minimum Gasteiger partial charge on any atom is -0.0625 e. The Morgan fingerprint density at radius 2 is 1.17 bits per heavy atom. The highest BCUT2D eigenvalue weighted by molar-refractivity contribution is 5.28. The van der Waals surface area contributed by atoms with Crippen LogP contribution in [-0.2, 0) is 6.42 Å². The standard InChI is InChI=1S/C23H36/c1-17-4-6-20(7-5-17)15-21-8-10-22(11-9-21)16-23-13-18(2)12-19(3)14-23/h12-14,17,20-22H,4-11,15-16H2,1-3H3. The fraction of sp³-hybridized carbons (Fsp3) is 0.739. The van der Waals surface area contributed by atoms with Crippen LogP contribution in [0.1, 0.15) is 81.4 Å². The van der Waals surface area contributed by atoms with E-state index in [1.54, 1.807) is 12.0 Å². The summed E-state index contributed by atoms with van der Waals surface area (Å²) in [5, 5.41) is 0. The lowest BCUT2D eigenvalue weighted by Crippen LogP contribution is -2.21. The van der Waals surface area contributed by atoms with Crippen LogP contribution in [-0.4, -0.2) is 0 Å². The van der Waals surface area contributed by atoms with Crippen molar-refractivity contribution in [3.8, 4) is 0 Å². The van der Waals surface area contributed by atoms with Crippen molar-refractivity contribution in [2.75, 3.05) is 0 Å². The third-order valence-electron chi connectivity index (χ3n) is 6.57. The SMILES string of the molecule is Cc1cc(C)cc(CC2CCC(CC3CCC(C)CC3)CC2)c1. The van der Waals surface area contributed by atoms with Crippen LogP contribution in [0.2, 0.25) is 0 Å². The molecule has 2 fully saturated rings. The van der Waals surface area contributed by atoms with Crippen molar-refractivity contribution < 1.29 is 0 Å². The Bertz CT molecular complexity index is 465. The van der Waals surface area contributed by atoms with Gasteiger partial charge in [-0.15, -0.1) is 0 Å². The van der Waals surface area contributed by atoms with E-state index in [0.717, 1.165) is 23.7 Å². The molecule has 2 aliphatic rings. The van der Waals surface area contributed by atoms with Gasteiger partial charge in [-0.2, -0.15) is 0 Å². The highest BCUT2D eigenvalue weighted by Crippen LogP contribution is 2.39. The summed E-state index contributed by atoms with van der Waals surface area (Å²) in [5.74, 6) is 4.05. The molecule has 0 unspecified atom stereocenters. The van der Waals surface area contributed by atoms with Gasteiger partial charge in [-0.05, 0) is 68.8 Å². The lowest BCUT2D eigenvalue weighted by molar-refractivity contribution is 0.195. The molecule has 0 bridgehead atoms. The van der Waals surface area contributed by atoms with Crippen LogP contribution in [0.4, 0.5) is 0 Å². The molecule has 1 aromatic carbocycles. The third kappa shape index (κ3) is 5.10. The van der Waals surface area contributed by atoms with Crippen LogP contribution >= 0.6 is 0 Å². The zero-order valence-corrected chi connectivity index (χ0v) is 15.6. The molecule has 0 aromatic heterocycles. The lowest BCUT2D eigenvalue weighted by Gasteiger charge is -2.33. The van der Waals surface area contributed by atoms with Gasteiger partial charge in [-0.1, -0.05) is 74.8 Å². The van der Waals surface area contributed by atoms with Gasteiger partial charge < -0.3 is 0 Å². The van der Waals surface area contributed by atoms with Gasteiger partial charge in [0, 0.05) is 0 Å². The Balaban J connectivity index is 1.43. The van der Waals surface area contributed by atoms with Gasteiger partial charge in [0.1, 0.15) is 0 Å². The zero-order chi connectivity index (χ0) is 16.2. The Morgan fingerprint density at radius 3 is 1.74 bits per heavy atom. The maximum Gasteiger partial charge on any atom is -0.0250 e. The fourth-order valence-corrected chi connectivity index (χ4v) is 5.23. The molecule has 2 aliphatic carbocycles. The number of rotatable bonds is 4. The molecule has 0 N–H and O–H groups in total. The second-order valence-electron chi connectivity index (χ2n) is 8.95. The monoisotopic (exact) mass is 312 g/mol. The van der Waals surface area contributed by atoms with E-state index in [1.807, 2.05) is 0 Å². The van der Waals surface area contributed by atoms with E-state index in [2.05, 4.69) is 39.0 Å². The van der Waals surface area contributed by atoms with E-state index in [4.69, 9.17) is 0 Å². The highest BCUT2D eigenvalue weighted by Gasteiger charge is 2.26. The van der Waals surface area contributed by atoms with E-state index >= 15 is 0 Å². The topological polar surface area (TPSA) is 0 Å². The third-order valence-corrected chi connectivity index (χ3v) is 6.57. The van der Waals surface area contributed by atoms with Crippen molar-refractivity contribution in [1.82, 2.24) is 0 Å². The van der Waals surface area contributed by atoms with Gasteiger partial charge in [0.05, 0.1) is 0 Å². The van der Waals surface area contributed by atoms with Crippen LogP contribution in [0.3, 0.4) is 0 Å². The molecule has 0 heterocycles. The van der Waals surface area contributed by atoms with Gasteiger partial charge in [0.25, 0.3) is 0 Å². The second-order valence-corrected chi connectivity index (χ2v) is 8.95. The molecule has 0 nitrogen and oxygen atoms in total. The maximum absolute atomic E-state index is 2.44. The molecule has 128 valence electrons. The van der Waals surface area contributed by atoms with Crippen molar-refractivity contribution in [2.24, 2.45) is 23.7 Å². The predicted octanol–water partition coefficient (Wildman–Crippen LogP) is 6.87. The second kappa shape index (κ2) is 7.86. The van der Waals surface area contributed by atoms with E-state index in [9.17, 15) is 0 Å². The average molecular weight is 313 g/mol. The molecule has 2 saturated carbocycles. The summed E-state index contributed by atoms with van der Waals surface area (Å²) >= 11 is 0. The highest BCUT2D eigenvalue weighted by atomic mass is 14.3. The molecule has 23 heavy (non-hydrogen) atoms. The van der Waals surface area contributed by atoms with Gasteiger partial charge >= 0.3 is 0 Å². The molecule has 0 radical (unpaired) electrons. The number of hydrogen-bond donors (Lipinski definition) is 0. The first-order chi connectivity index (χ1) is 11.1. The van der Waals surface area contributed by atoms with Crippen LogP contribution in [0.5, 0.6) is 0 Å². The number of benzene rings is 1. The normalized spacial score (nSPS) is 32.0. The Morgan fingerprint density at radius 1 is 0.696 bits per heavy atom. The summed E-state index contributed by atoms with van der Waals surface area (Å²) in [7, 11) is 0. The van der Waals surface area contributed by atoms with E-state index in [0.29, 0.717) is 0 Å². The van der Waals surface area contributed by atoms with Crippen molar-refractivity contribution in [2.45, 2.75) is 85.0 Å².